The van der Waals surface area contributed by atoms with Crippen LogP contribution in [0.2, 0.25) is 5.02 Å². The van der Waals surface area contributed by atoms with E-state index >= 15 is 0 Å². The maximum atomic E-state index is 12.0. The second-order valence-electron chi connectivity index (χ2n) is 8.03. The van der Waals surface area contributed by atoms with Gasteiger partial charge in [0, 0.05) is 28.4 Å². The molecule has 0 aliphatic rings. The van der Waals surface area contributed by atoms with Crippen molar-refractivity contribution < 1.29 is 14.6 Å². The number of aromatic amines is 1. The zero-order valence-electron chi connectivity index (χ0n) is 18.3. The fourth-order valence-electron chi connectivity index (χ4n) is 4.14. The minimum Gasteiger partial charge on any atom is -0.494 e. The Labute approximate surface area is 192 Å². The van der Waals surface area contributed by atoms with Crippen molar-refractivity contribution in [3.8, 4) is 16.9 Å². The number of carbonyl (C=O) groups is 1. The van der Waals surface area contributed by atoms with Gasteiger partial charge in [0.15, 0.2) is 0 Å². The lowest BCUT2D eigenvalue weighted by molar-refractivity contribution is 0.0690. The highest BCUT2D eigenvalue weighted by atomic mass is 35.5. The number of nitrogens with one attached hydrogen (secondary N) is 1. The first kappa shape index (κ1) is 21.9. The minimum atomic E-state index is -0.960. The molecule has 0 fully saturated rings. The van der Waals surface area contributed by atoms with E-state index in [0.29, 0.717) is 19.4 Å². The number of hydrogen-bond donors (Lipinski definition) is 2. The topological polar surface area (TPSA) is 75.2 Å². The number of H-pyrrole nitrogens is 1. The molecular weight excluding hydrogens is 424 g/mol. The Morgan fingerprint density at radius 2 is 1.84 bits per heavy atom. The molecule has 0 aliphatic heterocycles. The number of hydrogen-bond acceptors (Lipinski definition) is 3. The van der Waals surface area contributed by atoms with Gasteiger partial charge >= 0.3 is 5.97 Å². The molecule has 4 rings (SSSR count). The highest BCUT2D eigenvalue weighted by Crippen LogP contribution is 2.34. The average Bonchev–Trinajstić information content (AvgIpc) is 3.14. The molecule has 0 radical (unpaired) electrons. The molecule has 5 nitrogen and oxygen atoms in total. The molecule has 32 heavy (non-hydrogen) atoms. The molecule has 0 spiro atoms. The Morgan fingerprint density at radius 1 is 1.09 bits per heavy atom. The number of rotatable bonds is 7. The number of para-hydroxylation sites is 1. The van der Waals surface area contributed by atoms with Crippen LogP contribution in [0.5, 0.6) is 5.75 Å². The fourth-order valence-corrected chi connectivity index (χ4v) is 4.25. The molecule has 4 aromatic rings. The highest BCUT2D eigenvalue weighted by molar-refractivity contribution is 6.32. The van der Waals surface area contributed by atoms with E-state index in [1.807, 2.05) is 63.4 Å². The van der Waals surface area contributed by atoms with Crippen LogP contribution >= 0.6 is 11.6 Å². The Kier molecular flexibility index (Phi) is 6.19. The zero-order valence-corrected chi connectivity index (χ0v) is 19.1. The van der Waals surface area contributed by atoms with Crippen molar-refractivity contribution in [2.24, 2.45) is 0 Å². The van der Waals surface area contributed by atoms with E-state index < -0.39 is 5.97 Å². The van der Waals surface area contributed by atoms with Crippen LogP contribution in [0.3, 0.4) is 0 Å². The van der Waals surface area contributed by atoms with Crippen molar-refractivity contribution in [2.75, 3.05) is 6.61 Å². The maximum Gasteiger partial charge on any atom is 0.352 e. The van der Waals surface area contributed by atoms with Crippen LogP contribution in [0, 0.1) is 20.8 Å². The van der Waals surface area contributed by atoms with Crippen molar-refractivity contribution in [1.29, 1.82) is 0 Å². The molecule has 2 aromatic heterocycles. The van der Waals surface area contributed by atoms with E-state index in [-0.39, 0.29) is 5.69 Å². The molecule has 0 unspecified atom stereocenters. The van der Waals surface area contributed by atoms with Gasteiger partial charge in [-0.15, -0.1) is 0 Å². The van der Waals surface area contributed by atoms with Gasteiger partial charge < -0.3 is 14.8 Å². The lowest BCUT2D eigenvalue weighted by atomic mass is 9.98. The van der Waals surface area contributed by atoms with Gasteiger partial charge in [-0.3, -0.25) is 4.98 Å². The van der Waals surface area contributed by atoms with Gasteiger partial charge in [-0.1, -0.05) is 29.8 Å². The quantitative estimate of drug-likeness (QED) is 0.315. The molecule has 0 atom stereocenters. The summed E-state index contributed by atoms with van der Waals surface area (Å²) in [5, 5.41) is 11.5. The SMILES string of the molecule is Cc1cnccc1-c1cccc2c(CCCOc3cc(C)c(Cl)c(C)c3)c(C(=O)O)[nH]c12. The third kappa shape index (κ3) is 4.21. The summed E-state index contributed by atoms with van der Waals surface area (Å²) in [6.07, 6.45) is 4.84. The van der Waals surface area contributed by atoms with Crippen molar-refractivity contribution >= 4 is 28.5 Å². The summed E-state index contributed by atoms with van der Waals surface area (Å²) in [6.45, 7) is 6.39. The van der Waals surface area contributed by atoms with Crippen LogP contribution in [0.15, 0.2) is 48.8 Å². The molecular formula is C26H25ClN2O3. The number of pyridine rings is 1. The lowest BCUT2D eigenvalue weighted by Gasteiger charge is -2.10. The molecule has 0 bridgehead atoms. The van der Waals surface area contributed by atoms with Crippen molar-refractivity contribution in [1.82, 2.24) is 9.97 Å². The van der Waals surface area contributed by atoms with E-state index in [1.165, 1.54) is 0 Å². The molecule has 6 heteroatoms. The van der Waals surface area contributed by atoms with Crippen LogP contribution in [0.4, 0.5) is 0 Å². The number of aromatic nitrogens is 2. The smallest absolute Gasteiger partial charge is 0.352 e. The Hall–Kier alpha value is -3.31. The summed E-state index contributed by atoms with van der Waals surface area (Å²) in [5.41, 5.74) is 6.86. The van der Waals surface area contributed by atoms with E-state index in [9.17, 15) is 9.90 Å². The monoisotopic (exact) mass is 448 g/mol. The summed E-state index contributed by atoms with van der Waals surface area (Å²) < 4.78 is 5.92. The number of fused-ring (bicyclic) bond motifs is 1. The first-order valence-corrected chi connectivity index (χ1v) is 10.9. The normalized spacial score (nSPS) is 11.1. The summed E-state index contributed by atoms with van der Waals surface area (Å²) in [7, 11) is 0. The Morgan fingerprint density at radius 3 is 2.53 bits per heavy atom. The van der Waals surface area contributed by atoms with Gasteiger partial charge in [0.05, 0.1) is 12.1 Å². The van der Waals surface area contributed by atoms with Crippen molar-refractivity contribution in [2.45, 2.75) is 33.6 Å². The number of carboxylic acids is 1. The van der Waals surface area contributed by atoms with Gasteiger partial charge in [0.2, 0.25) is 0 Å². The van der Waals surface area contributed by atoms with E-state index in [0.717, 1.165) is 55.1 Å². The number of halogens is 1. The number of aryl methyl sites for hydroxylation is 4. The van der Waals surface area contributed by atoms with Gasteiger partial charge in [0.1, 0.15) is 11.4 Å². The lowest BCUT2D eigenvalue weighted by Crippen LogP contribution is -2.04. The number of carboxylic acid groups (broad SMARTS) is 1. The number of ether oxygens (including phenoxy) is 1. The first-order valence-electron chi connectivity index (χ1n) is 10.5. The largest absolute Gasteiger partial charge is 0.494 e. The third-order valence-corrected chi connectivity index (χ3v) is 6.31. The predicted molar refractivity (Wildman–Crippen MR) is 128 cm³/mol. The molecule has 0 saturated carbocycles. The molecule has 164 valence electrons. The van der Waals surface area contributed by atoms with Gasteiger partial charge in [-0.25, -0.2) is 4.79 Å². The summed E-state index contributed by atoms with van der Waals surface area (Å²) >= 11 is 6.23. The summed E-state index contributed by atoms with van der Waals surface area (Å²) in [6, 6.07) is 11.7. The molecule has 2 aromatic carbocycles. The maximum absolute atomic E-state index is 12.0. The van der Waals surface area contributed by atoms with E-state index in [2.05, 4.69) is 9.97 Å². The first-order chi connectivity index (χ1) is 15.4. The van der Waals surface area contributed by atoms with Crippen LogP contribution in [0.1, 0.15) is 39.2 Å². The highest BCUT2D eigenvalue weighted by Gasteiger charge is 2.19. The second-order valence-corrected chi connectivity index (χ2v) is 8.40. The van der Waals surface area contributed by atoms with Crippen LogP contribution < -0.4 is 4.74 Å². The van der Waals surface area contributed by atoms with Crippen LogP contribution in [0.25, 0.3) is 22.0 Å². The zero-order chi connectivity index (χ0) is 22.8. The number of aromatic carboxylic acids is 1. The van der Waals surface area contributed by atoms with Crippen LogP contribution in [-0.4, -0.2) is 27.7 Å². The van der Waals surface area contributed by atoms with Crippen molar-refractivity contribution in [3.63, 3.8) is 0 Å². The van der Waals surface area contributed by atoms with Gasteiger partial charge in [0.25, 0.3) is 0 Å². The van der Waals surface area contributed by atoms with Gasteiger partial charge in [-0.05, 0) is 79.6 Å². The standard InChI is InChI=1S/C26H25ClN2O3/c1-15-12-18(13-16(2)23(15)27)32-11-5-8-22-21-7-4-6-20(19-9-10-28-14-17(19)3)24(21)29-25(22)26(30)31/h4,6-7,9-10,12-14,29H,5,8,11H2,1-3H3,(H,30,31). The van der Waals surface area contributed by atoms with Crippen molar-refractivity contribution in [3.05, 3.63) is 81.8 Å². The molecule has 0 aliphatic carbocycles. The minimum absolute atomic E-state index is 0.234. The number of nitrogens with zero attached hydrogens (tertiary/aromatic N) is 1. The Balaban J connectivity index is 1.60. The van der Waals surface area contributed by atoms with Gasteiger partial charge in [-0.2, -0.15) is 0 Å². The molecule has 0 amide bonds. The van der Waals surface area contributed by atoms with E-state index in [4.69, 9.17) is 16.3 Å². The third-order valence-electron chi connectivity index (χ3n) is 5.72. The number of benzene rings is 2. The Bertz CT molecular complexity index is 1290. The summed E-state index contributed by atoms with van der Waals surface area (Å²) in [5.74, 6) is -0.185. The fraction of sp³-hybridized carbons (Fsp3) is 0.231. The average molecular weight is 449 g/mol. The predicted octanol–water partition coefficient (Wildman–Crippen LogP) is 6.52. The molecule has 0 saturated heterocycles. The molecule has 2 heterocycles. The molecule has 2 N–H and O–H groups in total. The van der Waals surface area contributed by atoms with Crippen LogP contribution in [-0.2, 0) is 6.42 Å². The van der Waals surface area contributed by atoms with E-state index in [1.54, 1.807) is 6.20 Å². The summed E-state index contributed by atoms with van der Waals surface area (Å²) in [4.78, 5) is 19.3. The second kappa shape index (κ2) is 9.05.